The Morgan fingerprint density at radius 1 is 1.55 bits per heavy atom. The quantitative estimate of drug-likeness (QED) is 0.712. The molecule has 0 spiro atoms. The van der Waals surface area contributed by atoms with Crippen molar-refractivity contribution in [3.63, 3.8) is 0 Å². The highest BCUT2D eigenvalue weighted by Gasteiger charge is 2.25. The van der Waals surface area contributed by atoms with E-state index in [2.05, 4.69) is 15.5 Å². The molecule has 7 heteroatoms. The van der Waals surface area contributed by atoms with Crippen LogP contribution in [0.2, 0.25) is 0 Å². The fourth-order valence-electron chi connectivity index (χ4n) is 2.52. The van der Waals surface area contributed by atoms with E-state index in [4.69, 9.17) is 5.73 Å². The van der Waals surface area contributed by atoms with Crippen molar-refractivity contribution in [3.05, 3.63) is 17.0 Å². The summed E-state index contributed by atoms with van der Waals surface area (Å²) in [5, 5.41) is 8.21. The number of hydrogen-bond donors (Lipinski definition) is 3. The molecule has 2 heterocycles. The molecule has 1 aromatic rings. The molecule has 0 saturated carbocycles. The number of nitrogens with two attached hydrogens (primary N) is 1. The number of thiophene rings is 1. The number of amides is 2. The van der Waals surface area contributed by atoms with E-state index >= 15 is 0 Å². The van der Waals surface area contributed by atoms with Gasteiger partial charge in [0.1, 0.15) is 5.00 Å². The molecule has 0 bridgehead atoms. The summed E-state index contributed by atoms with van der Waals surface area (Å²) in [6.45, 7) is 2.17. The van der Waals surface area contributed by atoms with E-state index in [-0.39, 0.29) is 5.91 Å². The van der Waals surface area contributed by atoms with E-state index in [0.29, 0.717) is 23.2 Å². The lowest BCUT2D eigenvalue weighted by Crippen LogP contribution is -2.41. The minimum Gasteiger partial charge on any atom is -0.366 e. The van der Waals surface area contributed by atoms with E-state index in [9.17, 15) is 9.59 Å². The molecule has 1 fully saturated rings. The number of nitrogens with zero attached hydrogens (tertiary/aromatic N) is 1. The number of anilines is 1. The topological polar surface area (TPSA) is 87.5 Å². The molecular formula is C13H20N4O2S. The third-order valence-corrected chi connectivity index (χ3v) is 4.30. The van der Waals surface area contributed by atoms with Crippen LogP contribution in [0.3, 0.4) is 0 Å². The number of nitrogens with one attached hydrogen (secondary N) is 2. The number of primary amides is 1. The average Bonchev–Trinajstić information content (AvgIpc) is 3.00. The first kappa shape index (κ1) is 15.0. The molecule has 4 N–H and O–H groups in total. The van der Waals surface area contributed by atoms with Crippen molar-refractivity contribution < 1.29 is 9.59 Å². The van der Waals surface area contributed by atoms with Gasteiger partial charge in [0.05, 0.1) is 12.1 Å². The molecule has 1 aromatic heterocycles. The van der Waals surface area contributed by atoms with Crippen molar-refractivity contribution >= 4 is 28.2 Å². The number of likely N-dealkylation sites (tertiary alicyclic amines) is 1. The SMILES string of the molecule is CNCC1CCCN1CC(=O)Nc1sccc1C(N)=O. The van der Waals surface area contributed by atoms with E-state index in [1.54, 1.807) is 11.4 Å². The number of likely N-dealkylation sites (N-methyl/N-ethyl adjacent to an activating group) is 1. The smallest absolute Gasteiger partial charge is 0.251 e. The van der Waals surface area contributed by atoms with E-state index in [1.807, 2.05) is 7.05 Å². The summed E-state index contributed by atoms with van der Waals surface area (Å²) >= 11 is 1.31. The van der Waals surface area contributed by atoms with Crippen LogP contribution in [0.1, 0.15) is 23.2 Å². The summed E-state index contributed by atoms with van der Waals surface area (Å²) in [5.74, 6) is -0.617. The van der Waals surface area contributed by atoms with Gasteiger partial charge in [0.25, 0.3) is 5.91 Å². The zero-order valence-electron chi connectivity index (χ0n) is 11.5. The molecule has 0 aliphatic carbocycles. The third-order valence-electron chi connectivity index (χ3n) is 3.47. The van der Waals surface area contributed by atoms with E-state index < -0.39 is 5.91 Å². The predicted octanol–water partition coefficient (Wildman–Crippen LogP) is 0.469. The van der Waals surface area contributed by atoms with Crippen molar-refractivity contribution in [2.45, 2.75) is 18.9 Å². The summed E-state index contributed by atoms with van der Waals surface area (Å²) in [6, 6.07) is 2.03. The van der Waals surface area contributed by atoms with Crippen molar-refractivity contribution in [3.8, 4) is 0 Å². The molecule has 20 heavy (non-hydrogen) atoms. The number of carbonyl (C=O) groups excluding carboxylic acids is 2. The second-order valence-corrected chi connectivity index (χ2v) is 5.82. The Balaban J connectivity index is 1.92. The van der Waals surface area contributed by atoms with Crippen molar-refractivity contribution in [2.24, 2.45) is 5.73 Å². The first-order valence-electron chi connectivity index (χ1n) is 6.67. The molecule has 1 atom stereocenters. The summed E-state index contributed by atoms with van der Waals surface area (Å²) in [5.41, 5.74) is 5.63. The standard InChI is InChI=1S/C13H20N4O2S/c1-15-7-9-3-2-5-17(9)8-11(18)16-13-10(12(14)19)4-6-20-13/h4,6,9,15H,2-3,5,7-8H2,1H3,(H2,14,19)(H,16,18). The molecular weight excluding hydrogens is 276 g/mol. The zero-order valence-corrected chi connectivity index (χ0v) is 12.3. The third kappa shape index (κ3) is 3.56. The van der Waals surface area contributed by atoms with E-state index in [1.165, 1.54) is 11.3 Å². The monoisotopic (exact) mass is 296 g/mol. The average molecular weight is 296 g/mol. The lowest BCUT2D eigenvalue weighted by Gasteiger charge is -2.23. The van der Waals surface area contributed by atoms with Gasteiger partial charge in [-0.3, -0.25) is 14.5 Å². The maximum absolute atomic E-state index is 12.1. The Hall–Kier alpha value is -1.44. The second kappa shape index (κ2) is 6.83. The Morgan fingerprint density at radius 2 is 2.35 bits per heavy atom. The lowest BCUT2D eigenvalue weighted by molar-refractivity contribution is -0.117. The molecule has 110 valence electrons. The number of hydrogen-bond acceptors (Lipinski definition) is 5. The van der Waals surface area contributed by atoms with Gasteiger partial charge in [-0.2, -0.15) is 0 Å². The summed E-state index contributed by atoms with van der Waals surface area (Å²) in [6.07, 6.45) is 2.23. The Kier molecular flexibility index (Phi) is 5.11. The molecule has 1 saturated heterocycles. The van der Waals surface area contributed by atoms with Gasteiger partial charge in [0.2, 0.25) is 5.91 Å². The van der Waals surface area contributed by atoms with Crippen LogP contribution in [-0.2, 0) is 4.79 Å². The van der Waals surface area contributed by atoms with Crippen LogP contribution in [0.5, 0.6) is 0 Å². The maximum Gasteiger partial charge on any atom is 0.251 e. The van der Waals surface area contributed by atoms with Crippen LogP contribution < -0.4 is 16.4 Å². The van der Waals surface area contributed by atoms with Gasteiger partial charge in [-0.25, -0.2) is 0 Å². The number of carbonyl (C=O) groups is 2. The van der Waals surface area contributed by atoms with Crippen LogP contribution in [0.15, 0.2) is 11.4 Å². The van der Waals surface area contributed by atoms with Gasteiger partial charge in [-0.1, -0.05) is 0 Å². The highest BCUT2D eigenvalue weighted by molar-refractivity contribution is 7.14. The Labute approximate surface area is 122 Å². The minimum atomic E-state index is -0.518. The Bertz CT molecular complexity index is 488. The van der Waals surface area contributed by atoms with Gasteiger partial charge in [0, 0.05) is 12.6 Å². The first-order valence-corrected chi connectivity index (χ1v) is 7.55. The summed E-state index contributed by atoms with van der Waals surface area (Å²) < 4.78 is 0. The fourth-order valence-corrected chi connectivity index (χ4v) is 3.33. The van der Waals surface area contributed by atoms with Gasteiger partial charge in [-0.05, 0) is 37.9 Å². The van der Waals surface area contributed by atoms with Crippen LogP contribution in [0, 0.1) is 0 Å². The van der Waals surface area contributed by atoms with Gasteiger partial charge >= 0.3 is 0 Å². The van der Waals surface area contributed by atoms with Crippen LogP contribution >= 0.6 is 11.3 Å². The highest BCUT2D eigenvalue weighted by atomic mass is 32.1. The second-order valence-electron chi connectivity index (χ2n) is 4.90. The minimum absolute atomic E-state index is 0.0991. The van der Waals surface area contributed by atoms with Gasteiger partial charge in [0.15, 0.2) is 0 Å². The van der Waals surface area contributed by atoms with Crippen LogP contribution in [-0.4, -0.2) is 49.4 Å². The molecule has 1 aliphatic rings. The molecule has 2 amide bonds. The van der Waals surface area contributed by atoms with Crippen LogP contribution in [0.4, 0.5) is 5.00 Å². The lowest BCUT2D eigenvalue weighted by atomic mass is 10.2. The van der Waals surface area contributed by atoms with Crippen molar-refractivity contribution in [1.82, 2.24) is 10.2 Å². The zero-order chi connectivity index (χ0) is 14.5. The molecule has 2 rings (SSSR count). The van der Waals surface area contributed by atoms with Gasteiger partial charge < -0.3 is 16.4 Å². The largest absolute Gasteiger partial charge is 0.366 e. The van der Waals surface area contributed by atoms with Crippen molar-refractivity contribution in [1.29, 1.82) is 0 Å². The predicted molar refractivity (Wildman–Crippen MR) is 80.0 cm³/mol. The summed E-state index contributed by atoms with van der Waals surface area (Å²) in [7, 11) is 1.92. The normalized spacial score (nSPS) is 19.1. The van der Waals surface area contributed by atoms with E-state index in [0.717, 1.165) is 25.9 Å². The Morgan fingerprint density at radius 3 is 3.05 bits per heavy atom. The molecule has 0 aromatic carbocycles. The van der Waals surface area contributed by atoms with Gasteiger partial charge in [-0.15, -0.1) is 11.3 Å². The summed E-state index contributed by atoms with van der Waals surface area (Å²) in [4.78, 5) is 25.4. The van der Waals surface area contributed by atoms with Crippen molar-refractivity contribution in [2.75, 3.05) is 32.0 Å². The molecule has 0 radical (unpaired) electrons. The maximum atomic E-state index is 12.1. The molecule has 6 nitrogen and oxygen atoms in total. The number of rotatable bonds is 6. The first-order chi connectivity index (χ1) is 9.61. The highest BCUT2D eigenvalue weighted by Crippen LogP contribution is 2.23. The molecule has 1 aliphatic heterocycles. The van der Waals surface area contributed by atoms with Crippen LogP contribution in [0.25, 0.3) is 0 Å². The molecule has 1 unspecified atom stereocenters. The fraction of sp³-hybridized carbons (Fsp3) is 0.538.